The molecule has 8 heteroatoms. The fraction of sp³-hybridized carbons (Fsp3) is 0.100. The van der Waals surface area contributed by atoms with E-state index in [1.54, 1.807) is 12.1 Å². The first-order chi connectivity index (χ1) is 8.63. The normalized spacial score (nSPS) is 15.7. The molecule has 1 amide bonds. The lowest BCUT2D eigenvalue weighted by Crippen LogP contribution is -2.24. The van der Waals surface area contributed by atoms with E-state index >= 15 is 0 Å². The molecule has 92 valence electrons. The summed E-state index contributed by atoms with van der Waals surface area (Å²) in [6, 6.07) is 3.38. The number of hydrogen-bond acceptors (Lipinski definition) is 4. The molecule has 0 spiro atoms. The van der Waals surface area contributed by atoms with E-state index in [1.807, 2.05) is 0 Å². The Bertz CT molecular complexity index is 682. The summed E-state index contributed by atoms with van der Waals surface area (Å²) in [6.07, 6.45) is 0. The molecule has 0 unspecified atom stereocenters. The van der Waals surface area contributed by atoms with E-state index in [-0.39, 0.29) is 5.24 Å². The van der Waals surface area contributed by atoms with Gasteiger partial charge < -0.3 is 4.98 Å². The van der Waals surface area contributed by atoms with Gasteiger partial charge in [0.05, 0.1) is 16.3 Å². The number of carbonyl (C=O) groups excluding carboxylic acids is 1. The third-order valence-corrected chi connectivity index (χ3v) is 3.68. The van der Waals surface area contributed by atoms with E-state index in [0.29, 0.717) is 32.9 Å². The number of nitrogens with zero attached hydrogens (tertiary/aromatic N) is 2. The Labute approximate surface area is 116 Å². The fourth-order valence-electron chi connectivity index (χ4n) is 1.61. The topological polar surface area (TPSA) is 70.1 Å². The van der Waals surface area contributed by atoms with Gasteiger partial charge in [0.1, 0.15) is 11.2 Å². The van der Waals surface area contributed by atoms with E-state index in [4.69, 9.17) is 23.2 Å². The number of H-pyrrole nitrogens is 1. The number of thioether (sulfide) groups is 1. The molecule has 0 radical (unpaired) electrons. The number of nitrogens with one attached hydrogen (secondary N) is 2. The summed E-state index contributed by atoms with van der Waals surface area (Å²) in [7, 11) is 0. The number of rotatable bonds is 1. The van der Waals surface area contributed by atoms with Crippen LogP contribution in [0.25, 0.3) is 11.0 Å². The number of benzene rings is 1. The van der Waals surface area contributed by atoms with Crippen LogP contribution in [-0.2, 0) is 0 Å². The van der Waals surface area contributed by atoms with Gasteiger partial charge in [-0.3, -0.25) is 4.79 Å². The van der Waals surface area contributed by atoms with Gasteiger partial charge in [-0.15, -0.1) is 0 Å². The average molecular weight is 301 g/mol. The number of halogens is 2. The van der Waals surface area contributed by atoms with E-state index < -0.39 is 0 Å². The summed E-state index contributed by atoms with van der Waals surface area (Å²) in [6.45, 7) is 0. The Hall–Kier alpha value is -1.24. The van der Waals surface area contributed by atoms with Crippen molar-refractivity contribution in [1.29, 1.82) is 0 Å². The molecule has 0 saturated carbocycles. The Morgan fingerprint density at radius 2 is 2.17 bits per heavy atom. The zero-order valence-corrected chi connectivity index (χ0v) is 11.2. The molecule has 2 heterocycles. The first-order valence-corrected chi connectivity index (χ1v) is 6.72. The van der Waals surface area contributed by atoms with Crippen LogP contribution in [0.2, 0.25) is 10.0 Å². The molecule has 0 bridgehead atoms. The molecule has 1 aliphatic rings. The minimum Gasteiger partial charge on any atom is -0.337 e. The number of carbonyl (C=O) groups is 1. The number of hydrogen-bond donors (Lipinski definition) is 2. The maximum Gasteiger partial charge on any atom is 0.299 e. The van der Waals surface area contributed by atoms with E-state index in [9.17, 15) is 4.79 Å². The number of aromatic amines is 1. The molecule has 2 N–H and O–H groups in total. The highest BCUT2D eigenvalue weighted by atomic mass is 35.5. The zero-order valence-electron chi connectivity index (χ0n) is 8.83. The second-order valence-corrected chi connectivity index (χ2v) is 5.41. The molecule has 1 aromatic carbocycles. The number of aromatic nitrogens is 2. The second kappa shape index (κ2) is 4.46. The van der Waals surface area contributed by atoms with Crippen molar-refractivity contribution in [2.24, 2.45) is 5.10 Å². The monoisotopic (exact) mass is 300 g/mol. The molecule has 5 nitrogen and oxygen atoms in total. The van der Waals surface area contributed by atoms with Crippen molar-refractivity contribution in [3.8, 4) is 0 Å². The number of amides is 1. The molecule has 0 aliphatic carbocycles. The Morgan fingerprint density at radius 3 is 2.89 bits per heavy atom. The summed E-state index contributed by atoms with van der Waals surface area (Å²) < 4.78 is 0. The van der Waals surface area contributed by atoms with Gasteiger partial charge in [-0.25, -0.2) is 10.4 Å². The first-order valence-electron chi connectivity index (χ1n) is 4.98. The van der Waals surface area contributed by atoms with Gasteiger partial charge in [-0.1, -0.05) is 35.0 Å². The molecule has 1 aliphatic heterocycles. The van der Waals surface area contributed by atoms with Gasteiger partial charge in [0.2, 0.25) is 0 Å². The van der Waals surface area contributed by atoms with Crippen LogP contribution in [0, 0.1) is 0 Å². The minimum absolute atomic E-state index is 0.170. The lowest BCUT2D eigenvalue weighted by atomic mass is 10.3. The van der Waals surface area contributed by atoms with Crippen molar-refractivity contribution < 1.29 is 4.79 Å². The molecular formula is C10H6Cl2N4OS. The molecular weight excluding hydrogens is 295 g/mol. The van der Waals surface area contributed by atoms with Gasteiger partial charge in [0.15, 0.2) is 5.82 Å². The Balaban J connectivity index is 2.09. The van der Waals surface area contributed by atoms with Crippen LogP contribution in [0.1, 0.15) is 5.82 Å². The number of imidazole rings is 1. The molecule has 0 atom stereocenters. The quantitative estimate of drug-likeness (QED) is 0.850. The average Bonchev–Trinajstić information content (AvgIpc) is 2.74. The highest BCUT2D eigenvalue weighted by Crippen LogP contribution is 2.26. The smallest absolute Gasteiger partial charge is 0.299 e. The van der Waals surface area contributed by atoms with Crippen molar-refractivity contribution in [1.82, 2.24) is 15.4 Å². The van der Waals surface area contributed by atoms with E-state index in [2.05, 4.69) is 20.5 Å². The summed E-state index contributed by atoms with van der Waals surface area (Å²) in [4.78, 5) is 18.4. The van der Waals surface area contributed by atoms with Crippen LogP contribution >= 0.6 is 35.0 Å². The predicted octanol–water partition coefficient (Wildman–Crippen LogP) is 3.03. The van der Waals surface area contributed by atoms with E-state index in [0.717, 1.165) is 17.3 Å². The van der Waals surface area contributed by atoms with Gasteiger partial charge >= 0.3 is 0 Å². The third-order valence-electron chi connectivity index (χ3n) is 2.40. The van der Waals surface area contributed by atoms with Crippen LogP contribution < -0.4 is 5.43 Å². The van der Waals surface area contributed by atoms with Crippen LogP contribution in [-0.4, -0.2) is 26.7 Å². The van der Waals surface area contributed by atoms with Crippen molar-refractivity contribution in [2.45, 2.75) is 0 Å². The van der Waals surface area contributed by atoms with Crippen molar-refractivity contribution in [3.63, 3.8) is 0 Å². The molecule has 3 rings (SSSR count). The van der Waals surface area contributed by atoms with Crippen molar-refractivity contribution in [2.75, 3.05) is 5.75 Å². The standard InChI is InChI=1S/C10H6Cl2N4OS/c11-4-1-5(12)8-6(2-4)13-9(14-8)7-3-18-10(17)16-15-7/h1-2H,3H2,(H,13,14)(H,16,17). The molecule has 0 fully saturated rings. The van der Waals surface area contributed by atoms with Gasteiger partial charge in [-0.2, -0.15) is 5.10 Å². The van der Waals surface area contributed by atoms with Crippen molar-refractivity contribution >= 4 is 56.9 Å². The molecule has 2 aromatic rings. The third kappa shape index (κ3) is 2.07. The molecule has 1 aromatic heterocycles. The maximum atomic E-state index is 11.0. The van der Waals surface area contributed by atoms with Gasteiger partial charge in [-0.05, 0) is 12.1 Å². The van der Waals surface area contributed by atoms with Crippen molar-refractivity contribution in [3.05, 3.63) is 28.0 Å². The van der Waals surface area contributed by atoms with Crippen LogP contribution in [0.3, 0.4) is 0 Å². The largest absolute Gasteiger partial charge is 0.337 e. The SMILES string of the molecule is O=C1NN=C(c2nc3c(Cl)cc(Cl)cc3[nH]2)CS1. The van der Waals surface area contributed by atoms with Crippen LogP contribution in [0.15, 0.2) is 17.2 Å². The second-order valence-electron chi connectivity index (χ2n) is 3.62. The minimum atomic E-state index is -0.170. The molecule has 0 saturated heterocycles. The summed E-state index contributed by atoms with van der Waals surface area (Å²) in [5, 5.41) is 4.80. The Kier molecular flexibility index (Phi) is 2.93. The summed E-state index contributed by atoms with van der Waals surface area (Å²) in [5.41, 5.74) is 4.45. The highest BCUT2D eigenvalue weighted by Gasteiger charge is 2.18. The highest BCUT2D eigenvalue weighted by molar-refractivity contribution is 8.14. The molecule has 18 heavy (non-hydrogen) atoms. The van der Waals surface area contributed by atoms with Gasteiger partial charge in [0.25, 0.3) is 5.24 Å². The maximum absolute atomic E-state index is 11.0. The summed E-state index contributed by atoms with van der Waals surface area (Å²) >= 11 is 13.1. The predicted molar refractivity (Wildman–Crippen MR) is 73.6 cm³/mol. The van der Waals surface area contributed by atoms with Crippen LogP contribution in [0.5, 0.6) is 0 Å². The zero-order chi connectivity index (χ0) is 12.7. The van der Waals surface area contributed by atoms with Crippen LogP contribution in [0.4, 0.5) is 4.79 Å². The number of hydrazone groups is 1. The fourth-order valence-corrected chi connectivity index (χ4v) is 2.73. The number of fused-ring (bicyclic) bond motifs is 1. The summed E-state index contributed by atoms with van der Waals surface area (Å²) in [5.74, 6) is 1.05. The Morgan fingerprint density at radius 1 is 1.33 bits per heavy atom. The lowest BCUT2D eigenvalue weighted by Gasteiger charge is -2.08. The van der Waals surface area contributed by atoms with E-state index in [1.165, 1.54) is 0 Å². The van der Waals surface area contributed by atoms with Gasteiger partial charge in [0, 0.05) is 5.02 Å². The first kappa shape index (κ1) is 11.8. The lowest BCUT2D eigenvalue weighted by molar-refractivity contribution is 0.261.